The Morgan fingerprint density at radius 3 is 2.57 bits per heavy atom. The first-order valence-corrected chi connectivity index (χ1v) is 7.24. The van der Waals surface area contributed by atoms with Crippen LogP contribution in [-0.4, -0.2) is 26.1 Å². The second-order valence-corrected chi connectivity index (χ2v) is 4.93. The number of hydrogen-bond donors (Lipinski definition) is 1. The minimum Gasteiger partial charge on any atom is -0.496 e. The normalized spacial score (nSPS) is 10.0. The van der Waals surface area contributed by atoms with Gasteiger partial charge >= 0.3 is 5.97 Å². The highest BCUT2D eigenvalue weighted by atomic mass is 16.5. The van der Waals surface area contributed by atoms with Gasteiger partial charge in [-0.2, -0.15) is 0 Å². The van der Waals surface area contributed by atoms with Crippen LogP contribution in [-0.2, 0) is 16.0 Å². The molecule has 0 spiro atoms. The number of methoxy groups -OCH3 is 2. The molecule has 1 amide bonds. The molecule has 0 fully saturated rings. The van der Waals surface area contributed by atoms with E-state index in [1.165, 1.54) is 7.11 Å². The maximum atomic E-state index is 12.1. The first-order valence-electron chi connectivity index (χ1n) is 7.24. The molecule has 0 aliphatic rings. The van der Waals surface area contributed by atoms with Crippen LogP contribution in [0.4, 0.5) is 5.69 Å². The van der Waals surface area contributed by atoms with Crippen LogP contribution in [0.15, 0.2) is 48.5 Å². The smallest absolute Gasteiger partial charge is 0.337 e. The Morgan fingerprint density at radius 1 is 1.04 bits per heavy atom. The van der Waals surface area contributed by atoms with Gasteiger partial charge in [-0.1, -0.05) is 24.3 Å². The van der Waals surface area contributed by atoms with Gasteiger partial charge < -0.3 is 14.8 Å². The zero-order valence-corrected chi connectivity index (χ0v) is 13.2. The number of hydrogen-bond acceptors (Lipinski definition) is 4. The molecule has 0 unspecified atom stereocenters. The molecule has 0 aliphatic carbocycles. The van der Waals surface area contributed by atoms with Crippen molar-refractivity contribution in [2.24, 2.45) is 0 Å². The van der Waals surface area contributed by atoms with E-state index in [4.69, 9.17) is 4.74 Å². The fourth-order valence-electron chi connectivity index (χ4n) is 2.22. The SMILES string of the molecule is COC(=O)c1cccc(NC(=O)CCc2ccccc2OC)c1. The van der Waals surface area contributed by atoms with Crippen LogP contribution in [0.5, 0.6) is 5.75 Å². The third-order valence-corrected chi connectivity index (χ3v) is 3.38. The van der Waals surface area contributed by atoms with Crippen molar-refractivity contribution < 1.29 is 19.1 Å². The van der Waals surface area contributed by atoms with E-state index in [0.717, 1.165) is 11.3 Å². The van der Waals surface area contributed by atoms with Crippen LogP contribution in [0.3, 0.4) is 0 Å². The van der Waals surface area contributed by atoms with E-state index in [2.05, 4.69) is 10.1 Å². The number of ether oxygens (including phenoxy) is 2. The lowest BCUT2D eigenvalue weighted by Gasteiger charge is -2.09. The summed E-state index contributed by atoms with van der Waals surface area (Å²) in [4.78, 5) is 23.6. The molecule has 2 aromatic rings. The summed E-state index contributed by atoms with van der Waals surface area (Å²) in [5.41, 5.74) is 1.95. The Labute approximate surface area is 135 Å². The number of anilines is 1. The van der Waals surface area contributed by atoms with Crippen LogP contribution in [0.25, 0.3) is 0 Å². The number of carbonyl (C=O) groups is 2. The van der Waals surface area contributed by atoms with Crippen LogP contribution >= 0.6 is 0 Å². The fourth-order valence-corrected chi connectivity index (χ4v) is 2.22. The highest BCUT2D eigenvalue weighted by Gasteiger charge is 2.09. The lowest BCUT2D eigenvalue weighted by molar-refractivity contribution is -0.116. The molecule has 5 nitrogen and oxygen atoms in total. The minimum atomic E-state index is -0.435. The predicted molar refractivity (Wildman–Crippen MR) is 87.7 cm³/mol. The van der Waals surface area contributed by atoms with E-state index >= 15 is 0 Å². The van der Waals surface area contributed by atoms with E-state index in [-0.39, 0.29) is 5.91 Å². The van der Waals surface area contributed by atoms with Gasteiger partial charge in [0.2, 0.25) is 5.91 Å². The molecule has 0 bridgehead atoms. The van der Waals surface area contributed by atoms with E-state index in [1.807, 2.05) is 24.3 Å². The van der Waals surface area contributed by atoms with Crippen molar-refractivity contribution in [3.63, 3.8) is 0 Å². The molecule has 0 saturated heterocycles. The molecule has 0 atom stereocenters. The molecule has 0 saturated carbocycles. The first kappa shape index (κ1) is 16.5. The van der Waals surface area contributed by atoms with E-state index < -0.39 is 5.97 Å². The van der Waals surface area contributed by atoms with Crippen LogP contribution in [0.1, 0.15) is 22.3 Å². The molecule has 23 heavy (non-hydrogen) atoms. The Balaban J connectivity index is 1.96. The standard InChI is InChI=1S/C18H19NO4/c1-22-16-9-4-3-6-13(16)10-11-17(20)19-15-8-5-7-14(12-15)18(21)23-2/h3-9,12H,10-11H2,1-2H3,(H,19,20). The number of aryl methyl sites for hydroxylation is 1. The molecule has 5 heteroatoms. The molecule has 0 aliphatic heterocycles. The summed E-state index contributed by atoms with van der Waals surface area (Å²) in [7, 11) is 2.93. The molecule has 2 aromatic carbocycles. The number of rotatable bonds is 6. The summed E-state index contributed by atoms with van der Waals surface area (Å²) < 4.78 is 9.93. The second kappa shape index (κ2) is 7.98. The van der Waals surface area contributed by atoms with Crippen molar-refractivity contribution in [1.82, 2.24) is 0 Å². The zero-order valence-electron chi connectivity index (χ0n) is 13.2. The van der Waals surface area contributed by atoms with Gasteiger partial charge in [-0.15, -0.1) is 0 Å². The average molecular weight is 313 g/mol. The van der Waals surface area contributed by atoms with Gasteiger partial charge in [-0.3, -0.25) is 4.79 Å². The molecule has 2 rings (SSSR count). The maximum Gasteiger partial charge on any atom is 0.337 e. The lowest BCUT2D eigenvalue weighted by Crippen LogP contribution is -2.13. The topological polar surface area (TPSA) is 64.6 Å². The number of para-hydroxylation sites is 1. The summed E-state index contributed by atoms with van der Waals surface area (Å²) in [5.74, 6) is 0.209. The van der Waals surface area contributed by atoms with Crippen molar-refractivity contribution in [2.45, 2.75) is 12.8 Å². The summed E-state index contributed by atoms with van der Waals surface area (Å²) in [6.07, 6.45) is 0.898. The number of carbonyl (C=O) groups excluding carboxylic acids is 2. The Bertz CT molecular complexity index is 697. The number of esters is 1. The maximum absolute atomic E-state index is 12.1. The summed E-state index contributed by atoms with van der Waals surface area (Å²) in [6, 6.07) is 14.3. The minimum absolute atomic E-state index is 0.127. The van der Waals surface area contributed by atoms with Gasteiger partial charge in [0.25, 0.3) is 0 Å². The van der Waals surface area contributed by atoms with Gasteiger partial charge in [0.05, 0.1) is 19.8 Å². The number of amides is 1. The van der Waals surface area contributed by atoms with Crippen LogP contribution in [0, 0.1) is 0 Å². The number of benzene rings is 2. The van der Waals surface area contributed by atoms with Gasteiger partial charge in [-0.25, -0.2) is 4.79 Å². The second-order valence-electron chi connectivity index (χ2n) is 4.93. The largest absolute Gasteiger partial charge is 0.496 e. The van der Waals surface area contributed by atoms with Crippen LogP contribution < -0.4 is 10.1 Å². The van der Waals surface area contributed by atoms with Crippen molar-refractivity contribution in [2.75, 3.05) is 19.5 Å². The fraction of sp³-hybridized carbons (Fsp3) is 0.222. The third kappa shape index (κ3) is 4.57. The monoisotopic (exact) mass is 313 g/mol. The Morgan fingerprint density at radius 2 is 1.83 bits per heavy atom. The molecular weight excluding hydrogens is 294 g/mol. The van der Waals surface area contributed by atoms with Gasteiger partial charge in [-0.05, 0) is 36.2 Å². The Hall–Kier alpha value is -2.82. The molecule has 120 valence electrons. The summed E-state index contributed by atoms with van der Waals surface area (Å²) in [5, 5.41) is 2.78. The van der Waals surface area contributed by atoms with E-state index in [0.29, 0.717) is 24.1 Å². The van der Waals surface area contributed by atoms with Crippen LogP contribution in [0.2, 0.25) is 0 Å². The molecule has 1 N–H and O–H groups in total. The number of nitrogens with one attached hydrogen (secondary N) is 1. The molecule has 0 radical (unpaired) electrons. The van der Waals surface area contributed by atoms with Crippen molar-refractivity contribution in [1.29, 1.82) is 0 Å². The van der Waals surface area contributed by atoms with Crippen molar-refractivity contribution >= 4 is 17.6 Å². The first-order chi connectivity index (χ1) is 11.1. The summed E-state index contributed by atoms with van der Waals surface area (Å²) >= 11 is 0. The van der Waals surface area contributed by atoms with E-state index in [9.17, 15) is 9.59 Å². The highest BCUT2D eigenvalue weighted by Crippen LogP contribution is 2.19. The van der Waals surface area contributed by atoms with Gasteiger partial charge in [0, 0.05) is 12.1 Å². The van der Waals surface area contributed by atoms with Gasteiger partial charge in [0.15, 0.2) is 0 Å². The Kier molecular flexibility index (Phi) is 5.74. The van der Waals surface area contributed by atoms with E-state index in [1.54, 1.807) is 31.4 Å². The van der Waals surface area contributed by atoms with Crippen molar-refractivity contribution in [3.05, 3.63) is 59.7 Å². The predicted octanol–water partition coefficient (Wildman–Crippen LogP) is 3.05. The molecular formula is C18H19NO4. The van der Waals surface area contributed by atoms with Crippen molar-refractivity contribution in [3.8, 4) is 5.75 Å². The molecule has 0 aromatic heterocycles. The van der Waals surface area contributed by atoms with Gasteiger partial charge in [0.1, 0.15) is 5.75 Å². The lowest BCUT2D eigenvalue weighted by atomic mass is 10.1. The summed E-state index contributed by atoms with van der Waals surface area (Å²) in [6.45, 7) is 0. The molecule has 0 heterocycles. The zero-order chi connectivity index (χ0) is 16.7. The highest BCUT2D eigenvalue weighted by molar-refractivity contribution is 5.94. The average Bonchev–Trinajstić information content (AvgIpc) is 2.59. The quantitative estimate of drug-likeness (QED) is 0.833. The third-order valence-electron chi connectivity index (χ3n) is 3.38.